The molecule has 0 aliphatic heterocycles. The Labute approximate surface area is 124 Å². The van der Waals surface area contributed by atoms with Crippen LogP contribution in [-0.2, 0) is 30.0 Å². The van der Waals surface area contributed by atoms with Crippen LogP contribution in [0.25, 0.3) is 0 Å². The number of aryl methyl sites for hydroxylation is 2. The molecule has 2 aromatic rings. The number of hydrogen-bond acceptors (Lipinski definition) is 5. The maximum Gasteiger partial charge on any atom is 0.244 e. The third-order valence-corrected chi connectivity index (χ3v) is 4.57. The molecule has 0 amide bonds. The molecule has 0 spiro atoms. The van der Waals surface area contributed by atoms with Crippen molar-refractivity contribution in [2.45, 2.75) is 24.8 Å². The van der Waals surface area contributed by atoms with Crippen LogP contribution in [0.4, 0.5) is 0 Å². The van der Waals surface area contributed by atoms with Crippen molar-refractivity contribution in [1.82, 2.24) is 19.8 Å². The number of hydrogen-bond donors (Lipinski definition) is 2. The van der Waals surface area contributed by atoms with Crippen molar-refractivity contribution in [2.75, 3.05) is 13.6 Å². The van der Waals surface area contributed by atoms with E-state index in [2.05, 4.69) is 15.1 Å². The minimum Gasteiger partial charge on any atom is -0.464 e. The molecule has 0 bridgehead atoms. The van der Waals surface area contributed by atoms with Gasteiger partial charge in [-0.15, -0.1) is 0 Å². The van der Waals surface area contributed by atoms with Gasteiger partial charge in [-0.25, -0.2) is 13.1 Å². The highest BCUT2D eigenvalue weighted by Gasteiger charge is 2.20. The highest BCUT2D eigenvalue weighted by Crippen LogP contribution is 2.19. The quantitative estimate of drug-likeness (QED) is 0.780. The van der Waals surface area contributed by atoms with Gasteiger partial charge in [0.2, 0.25) is 10.0 Å². The van der Waals surface area contributed by atoms with E-state index in [9.17, 15) is 8.42 Å². The molecule has 0 aliphatic rings. The fraction of sp³-hybridized carbons (Fsp3) is 0.462. The third kappa shape index (κ3) is 3.93. The van der Waals surface area contributed by atoms with Crippen LogP contribution >= 0.6 is 0 Å². The third-order valence-electron chi connectivity index (χ3n) is 3.01. The number of rotatable bonds is 7. The predicted octanol–water partition coefficient (Wildman–Crippen LogP) is 0.562. The van der Waals surface area contributed by atoms with Crippen LogP contribution in [0, 0.1) is 6.92 Å². The van der Waals surface area contributed by atoms with E-state index >= 15 is 0 Å². The highest BCUT2D eigenvalue weighted by atomic mass is 32.2. The first kappa shape index (κ1) is 15.7. The maximum absolute atomic E-state index is 12.2. The summed E-state index contributed by atoms with van der Waals surface area (Å²) >= 11 is 0. The number of furan rings is 1. The molecule has 116 valence electrons. The van der Waals surface area contributed by atoms with E-state index in [1.165, 1.54) is 0 Å². The zero-order valence-electron chi connectivity index (χ0n) is 12.4. The van der Waals surface area contributed by atoms with Gasteiger partial charge in [-0.3, -0.25) is 4.68 Å². The second-order valence-corrected chi connectivity index (χ2v) is 6.53. The summed E-state index contributed by atoms with van der Waals surface area (Å²) in [4.78, 5) is 0.189. The van der Waals surface area contributed by atoms with Crippen molar-refractivity contribution in [3.05, 3.63) is 35.5 Å². The van der Waals surface area contributed by atoms with Gasteiger partial charge in [-0.1, -0.05) is 0 Å². The first-order valence-corrected chi connectivity index (χ1v) is 8.13. The predicted molar refractivity (Wildman–Crippen MR) is 78.3 cm³/mol. The van der Waals surface area contributed by atoms with E-state index in [0.717, 1.165) is 5.69 Å². The van der Waals surface area contributed by atoms with Gasteiger partial charge in [0, 0.05) is 32.3 Å². The Hall–Kier alpha value is -1.64. The lowest BCUT2D eigenvalue weighted by atomic mass is 10.3. The van der Waals surface area contributed by atoms with Gasteiger partial charge in [-0.2, -0.15) is 5.10 Å². The molecule has 0 aliphatic carbocycles. The van der Waals surface area contributed by atoms with E-state index in [-0.39, 0.29) is 4.90 Å². The molecular formula is C13H20N4O3S. The number of aromatic nitrogens is 2. The van der Waals surface area contributed by atoms with Crippen LogP contribution < -0.4 is 10.0 Å². The molecule has 7 nitrogen and oxygen atoms in total. The van der Waals surface area contributed by atoms with E-state index in [1.807, 2.05) is 19.3 Å². The molecule has 2 rings (SSSR count). The molecule has 8 heteroatoms. The summed E-state index contributed by atoms with van der Waals surface area (Å²) in [7, 11) is 0.0423. The first-order valence-electron chi connectivity index (χ1n) is 6.64. The lowest BCUT2D eigenvalue weighted by molar-refractivity contribution is 0.465. The smallest absolute Gasteiger partial charge is 0.244 e. The second-order valence-electron chi connectivity index (χ2n) is 4.79. The van der Waals surface area contributed by atoms with Crippen LogP contribution in [0.2, 0.25) is 0 Å². The molecular weight excluding hydrogens is 292 g/mol. The Morgan fingerprint density at radius 1 is 1.43 bits per heavy atom. The van der Waals surface area contributed by atoms with E-state index in [0.29, 0.717) is 31.0 Å². The monoisotopic (exact) mass is 312 g/mol. The number of sulfonamides is 1. The molecule has 0 saturated heterocycles. The Bertz CT molecular complexity index is 703. The number of nitrogens with one attached hydrogen (secondary N) is 2. The second kappa shape index (κ2) is 6.42. The summed E-state index contributed by atoms with van der Waals surface area (Å²) in [5.41, 5.74) is 0.847. The van der Waals surface area contributed by atoms with Gasteiger partial charge in [0.05, 0.1) is 12.2 Å². The molecule has 0 aromatic carbocycles. The number of nitrogens with zero attached hydrogens (tertiary/aromatic N) is 2. The average Bonchev–Trinajstić information content (AvgIpc) is 2.96. The Morgan fingerprint density at radius 3 is 2.81 bits per heavy atom. The van der Waals surface area contributed by atoms with Crippen LogP contribution in [-0.4, -0.2) is 31.8 Å². The van der Waals surface area contributed by atoms with Gasteiger partial charge < -0.3 is 9.73 Å². The van der Waals surface area contributed by atoms with Crippen molar-refractivity contribution >= 4 is 10.0 Å². The van der Waals surface area contributed by atoms with Crippen LogP contribution in [0.15, 0.2) is 27.6 Å². The molecule has 2 heterocycles. The van der Waals surface area contributed by atoms with Gasteiger partial charge >= 0.3 is 0 Å². The van der Waals surface area contributed by atoms with Crippen LogP contribution in [0.1, 0.15) is 17.2 Å². The van der Waals surface area contributed by atoms with Gasteiger partial charge in [0.1, 0.15) is 16.4 Å². The summed E-state index contributed by atoms with van der Waals surface area (Å²) in [5, 5.41) is 7.13. The Morgan fingerprint density at radius 2 is 2.19 bits per heavy atom. The Kier molecular flexibility index (Phi) is 4.81. The summed E-state index contributed by atoms with van der Waals surface area (Å²) in [6.45, 7) is 2.43. The van der Waals surface area contributed by atoms with Crippen molar-refractivity contribution in [3.63, 3.8) is 0 Å². The standard InChI is InChI=1S/C13H20N4O3S/c1-10-13(8-12(20-10)9-14-2)21(18,19)15-6-4-11-5-7-17(3)16-11/h5,7-8,14-15H,4,6,9H2,1-3H3. The summed E-state index contributed by atoms with van der Waals surface area (Å²) in [6, 6.07) is 3.41. The first-order chi connectivity index (χ1) is 9.92. The summed E-state index contributed by atoms with van der Waals surface area (Å²) in [5.74, 6) is 0.991. The fourth-order valence-corrected chi connectivity index (χ4v) is 3.27. The fourth-order valence-electron chi connectivity index (χ4n) is 2.04. The lowest BCUT2D eigenvalue weighted by Gasteiger charge is -2.04. The molecule has 0 saturated carbocycles. The van der Waals surface area contributed by atoms with E-state index in [4.69, 9.17) is 4.42 Å². The topological polar surface area (TPSA) is 89.2 Å². The van der Waals surface area contributed by atoms with Crippen molar-refractivity contribution in [1.29, 1.82) is 0 Å². The van der Waals surface area contributed by atoms with Gasteiger partial charge in [-0.05, 0) is 20.0 Å². The molecule has 0 atom stereocenters. The minimum absolute atomic E-state index is 0.189. The molecule has 0 fully saturated rings. The van der Waals surface area contributed by atoms with Crippen molar-refractivity contribution < 1.29 is 12.8 Å². The van der Waals surface area contributed by atoms with Crippen LogP contribution in [0.5, 0.6) is 0 Å². The summed E-state index contributed by atoms with van der Waals surface area (Å²) in [6.07, 6.45) is 2.37. The normalized spacial score (nSPS) is 12.0. The van der Waals surface area contributed by atoms with E-state index in [1.54, 1.807) is 24.7 Å². The van der Waals surface area contributed by atoms with E-state index < -0.39 is 10.0 Å². The van der Waals surface area contributed by atoms with Crippen molar-refractivity contribution in [2.24, 2.45) is 7.05 Å². The SMILES string of the molecule is CNCc1cc(S(=O)(=O)NCCc2ccn(C)n2)c(C)o1. The maximum atomic E-state index is 12.2. The summed E-state index contributed by atoms with van der Waals surface area (Å²) < 4.78 is 34.2. The molecule has 2 aromatic heterocycles. The molecule has 0 radical (unpaired) electrons. The Balaban J connectivity index is 2.01. The van der Waals surface area contributed by atoms with Gasteiger partial charge in [0.15, 0.2) is 0 Å². The average molecular weight is 312 g/mol. The largest absolute Gasteiger partial charge is 0.464 e. The molecule has 21 heavy (non-hydrogen) atoms. The minimum atomic E-state index is -3.56. The van der Waals surface area contributed by atoms with Gasteiger partial charge in [0.25, 0.3) is 0 Å². The lowest BCUT2D eigenvalue weighted by Crippen LogP contribution is -2.26. The highest BCUT2D eigenvalue weighted by molar-refractivity contribution is 7.89. The van der Waals surface area contributed by atoms with Crippen molar-refractivity contribution in [3.8, 4) is 0 Å². The zero-order chi connectivity index (χ0) is 15.5. The zero-order valence-corrected chi connectivity index (χ0v) is 13.2. The van der Waals surface area contributed by atoms with Crippen LogP contribution in [0.3, 0.4) is 0 Å². The molecule has 0 unspecified atom stereocenters. The molecule has 2 N–H and O–H groups in total.